The molecule has 0 aliphatic carbocycles. The first kappa shape index (κ1) is 10.7. The highest BCUT2D eigenvalue weighted by Gasteiger charge is 2.14. The summed E-state index contributed by atoms with van der Waals surface area (Å²) in [5.41, 5.74) is 2.55. The number of aromatic nitrogens is 2. The molecule has 1 aliphatic heterocycles. The Hall–Kier alpha value is -1.39. The van der Waals surface area contributed by atoms with Crippen molar-refractivity contribution in [2.75, 3.05) is 26.3 Å². The van der Waals surface area contributed by atoms with Crippen molar-refractivity contribution in [3.63, 3.8) is 0 Å². The van der Waals surface area contributed by atoms with Crippen LogP contribution in [0.2, 0.25) is 0 Å². The minimum absolute atomic E-state index is 0.554. The number of rotatable bonds is 2. The minimum atomic E-state index is 0.554. The zero-order valence-corrected chi connectivity index (χ0v) is 9.80. The van der Waals surface area contributed by atoms with Crippen molar-refractivity contribution in [3.8, 4) is 0 Å². The molecule has 2 aromatic rings. The molecular weight excluding hydrogens is 214 g/mol. The lowest BCUT2D eigenvalue weighted by molar-refractivity contribution is 0.123. The van der Waals surface area contributed by atoms with E-state index in [0.29, 0.717) is 5.92 Å². The highest BCUT2D eigenvalue weighted by atomic mass is 16.5. The molecule has 1 aliphatic rings. The molecule has 0 saturated carbocycles. The highest BCUT2D eigenvalue weighted by Crippen LogP contribution is 2.15. The summed E-state index contributed by atoms with van der Waals surface area (Å²) in [7, 11) is 0. The molecule has 17 heavy (non-hydrogen) atoms. The molecule has 0 spiro atoms. The zero-order chi connectivity index (χ0) is 11.5. The molecular formula is C13H17N3O. The standard InChI is InChI=1S/C13H17N3O/c1-2-12(13-3-4-15-16(13)6-1)8-11-9-14-5-7-17-10-11/h1-4,6,11,14H,5,7-10H2/t11-/m1/s1. The molecule has 1 atom stereocenters. The van der Waals surface area contributed by atoms with Crippen LogP contribution in [0, 0.1) is 5.92 Å². The second-order valence-electron chi connectivity index (χ2n) is 4.54. The van der Waals surface area contributed by atoms with Crippen LogP contribution in [0.15, 0.2) is 30.6 Å². The van der Waals surface area contributed by atoms with Gasteiger partial charge < -0.3 is 10.1 Å². The van der Waals surface area contributed by atoms with Crippen LogP contribution < -0.4 is 5.32 Å². The summed E-state index contributed by atoms with van der Waals surface area (Å²) < 4.78 is 7.52. The maximum atomic E-state index is 5.59. The van der Waals surface area contributed by atoms with Crippen LogP contribution in [0.5, 0.6) is 0 Å². The van der Waals surface area contributed by atoms with Gasteiger partial charge in [0.1, 0.15) is 0 Å². The van der Waals surface area contributed by atoms with E-state index in [2.05, 4.69) is 28.6 Å². The fourth-order valence-corrected chi connectivity index (χ4v) is 2.39. The summed E-state index contributed by atoms with van der Waals surface area (Å²) in [5, 5.41) is 7.67. The van der Waals surface area contributed by atoms with Crippen LogP contribution in [0.4, 0.5) is 0 Å². The first-order chi connectivity index (χ1) is 8.43. The Kier molecular flexibility index (Phi) is 3.07. The number of fused-ring (bicyclic) bond motifs is 1. The van der Waals surface area contributed by atoms with Crippen molar-refractivity contribution >= 4 is 5.52 Å². The SMILES string of the molecule is c1cc(C[C@@H]2CNCCOC2)c2ccnn2c1. The maximum Gasteiger partial charge on any atom is 0.0693 e. The monoisotopic (exact) mass is 231 g/mol. The van der Waals surface area contributed by atoms with Gasteiger partial charge in [-0.1, -0.05) is 6.07 Å². The predicted molar refractivity (Wildman–Crippen MR) is 66.1 cm³/mol. The van der Waals surface area contributed by atoms with Gasteiger partial charge in [0.25, 0.3) is 0 Å². The summed E-state index contributed by atoms with van der Waals surface area (Å²) in [4.78, 5) is 0. The molecule has 90 valence electrons. The Bertz CT molecular complexity index is 486. The largest absolute Gasteiger partial charge is 0.380 e. The fraction of sp³-hybridized carbons (Fsp3) is 0.462. The Morgan fingerprint density at radius 3 is 3.47 bits per heavy atom. The third-order valence-electron chi connectivity index (χ3n) is 3.24. The summed E-state index contributed by atoms with van der Waals surface area (Å²) in [6, 6.07) is 6.31. The zero-order valence-electron chi connectivity index (χ0n) is 9.80. The van der Waals surface area contributed by atoms with Gasteiger partial charge in [-0.2, -0.15) is 5.10 Å². The van der Waals surface area contributed by atoms with Crippen LogP contribution in [-0.4, -0.2) is 35.9 Å². The van der Waals surface area contributed by atoms with Crippen molar-refractivity contribution in [3.05, 3.63) is 36.2 Å². The van der Waals surface area contributed by atoms with Crippen LogP contribution in [-0.2, 0) is 11.2 Å². The van der Waals surface area contributed by atoms with E-state index < -0.39 is 0 Å². The van der Waals surface area contributed by atoms with Crippen molar-refractivity contribution < 1.29 is 4.74 Å². The first-order valence-corrected chi connectivity index (χ1v) is 6.13. The average Bonchev–Trinajstić information content (AvgIpc) is 2.69. The second-order valence-corrected chi connectivity index (χ2v) is 4.54. The van der Waals surface area contributed by atoms with E-state index >= 15 is 0 Å². The topological polar surface area (TPSA) is 38.6 Å². The van der Waals surface area contributed by atoms with E-state index in [9.17, 15) is 0 Å². The first-order valence-electron chi connectivity index (χ1n) is 6.13. The molecule has 0 amide bonds. The van der Waals surface area contributed by atoms with Crippen LogP contribution in [0.25, 0.3) is 5.52 Å². The van der Waals surface area contributed by atoms with Crippen LogP contribution in [0.1, 0.15) is 5.56 Å². The number of nitrogens with one attached hydrogen (secondary N) is 1. The molecule has 4 heteroatoms. The van der Waals surface area contributed by atoms with E-state index in [4.69, 9.17) is 4.74 Å². The van der Waals surface area contributed by atoms with Gasteiger partial charge in [-0.3, -0.25) is 0 Å². The molecule has 0 unspecified atom stereocenters. The third kappa shape index (κ3) is 2.33. The Morgan fingerprint density at radius 2 is 2.47 bits per heavy atom. The van der Waals surface area contributed by atoms with Gasteiger partial charge in [0, 0.05) is 25.5 Å². The molecule has 3 heterocycles. The second kappa shape index (κ2) is 4.85. The van der Waals surface area contributed by atoms with E-state index in [-0.39, 0.29) is 0 Å². The summed E-state index contributed by atoms with van der Waals surface area (Å²) in [6.45, 7) is 3.68. The molecule has 4 nitrogen and oxygen atoms in total. The number of ether oxygens (including phenoxy) is 1. The van der Waals surface area contributed by atoms with Crippen LogP contribution >= 0.6 is 0 Å². The van der Waals surface area contributed by atoms with Crippen molar-refractivity contribution in [2.45, 2.75) is 6.42 Å². The van der Waals surface area contributed by atoms with Crippen molar-refractivity contribution in [1.82, 2.24) is 14.9 Å². The number of pyridine rings is 1. The van der Waals surface area contributed by atoms with Gasteiger partial charge in [0.05, 0.1) is 18.7 Å². The predicted octanol–water partition coefficient (Wildman–Crippen LogP) is 1.11. The van der Waals surface area contributed by atoms with Crippen LogP contribution in [0.3, 0.4) is 0 Å². The quantitative estimate of drug-likeness (QED) is 0.841. The smallest absolute Gasteiger partial charge is 0.0693 e. The molecule has 1 fully saturated rings. The summed E-state index contributed by atoms with van der Waals surface area (Å²) >= 11 is 0. The van der Waals surface area contributed by atoms with Gasteiger partial charge in [-0.15, -0.1) is 0 Å². The van der Waals surface area contributed by atoms with E-state index in [1.165, 1.54) is 11.1 Å². The van der Waals surface area contributed by atoms with Gasteiger partial charge in [0.15, 0.2) is 0 Å². The molecule has 3 rings (SSSR count). The molecule has 0 bridgehead atoms. The molecule has 1 saturated heterocycles. The van der Waals surface area contributed by atoms with Crippen molar-refractivity contribution in [1.29, 1.82) is 0 Å². The number of nitrogens with zero attached hydrogens (tertiary/aromatic N) is 2. The maximum absolute atomic E-state index is 5.59. The molecule has 2 aromatic heterocycles. The van der Waals surface area contributed by atoms with Gasteiger partial charge in [-0.25, -0.2) is 4.52 Å². The van der Waals surface area contributed by atoms with E-state index in [1.807, 2.05) is 16.9 Å². The Labute approximate surface area is 101 Å². The lowest BCUT2D eigenvalue weighted by Gasteiger charge is -2.14. The van der Waals surface area contributed by atoms with E-state index in [1.54, 1.807) is 0 Å². The van der Waals surface area contributed by atoms with Crippen molar-refractivity contribution in [2.24, 2.45) is 5.92 Å². The Balaban J connectivity index is 1.81. The lowest BCUT2D eigenvalue weighted by Crippen LogP contribution is -2.24. The third-order valence-corrected chi connectivity index (χ3v) is 3.24. The number of hydrogen-bond donors (Lipinski definition) is 1. The molecule has 1 N–H and O–H groups in total. The van der Waals surface area contributed by atoms with E-state index in [0.717, 1.165) is 32.7 Å². The minimum Gasteiger partial charge on any atom is -0.380 e. The average molecular weight is 231 g/mol. The fourth-order valence-electron chi connectivity index (χ4n) is 2.39. The molecule has 0 aromatic carbocycles. The highest BCUT2D eigenvalue weighted by molar-refractivity contribution is 5.53. The molecule has 0 radical (unpaired) electrons. The van der Waals surface area contributed by atoms with Gasteiger partial charge >= 0.3 is 0 Å². The van der Waals surface area contributed by atoms with Gasteiger partial charge in [-0.05, 0) is 30.0 Å². The summed E-state index contributed by atoms with van der Waals surface area (Å²) in [5.74, 6) is 0.554. The van der Waals surface area contributed by atoms with Gasteiger partial charge in [0.2, 0.25) is 0 Å². The Morgan fingerprint density at radius 1 is 1.47 bits per heavy atom. The normalized spacial score (nSPS) is 21.5. The number of hydrogen-bond acceptors (Lipinski definition) is 3. The lowest BCUT2D eigenvalue weighted by atomic mass is 10.00. The summed E-state index contributed by atoms with van der Waals surface area (Å²) in [6.07, 6.45) is 4.88.